The van der Waals surface area contributed by atoms with Gasteiger partial charge in [0, 0.05) is 30.1 Å². The Hall–Kier alpha value is -2.01. The molecule has 0 radical (unpaired) electrons. The number of nitrogens with zero attached hydrogens (tertiary/aromatic N) is 2. The lowest BCUT2D eigenvalue weighted by atomic mass is 10.1. The fourth-order valence-corrected chi connectivity index (χ4v) is 3.68. The van der Waals surface area contributed by atoms with Crippen LogP contribution in [-0.4, -0.2) is 24.2 Å². The van der Waals surface area contributed by atoms with Crippen molar-refractivity contribution < 1.29 is 9.32 Å². The SMILES string of the molecule is Cc1noc(C)c1CCC(=O)Nc1cc(Cl)ccc1N1CCCCCC1. The second kappa shape index (κ2) is 8.58. The maximum Gasteiger partial charge on any atom is 0.224 e. The number of anilines is 2. The molecule has 5 nitrogen and oxygen atoms in total. The first-order valence-electron chi connectivity index (χ1n) is 9.30. The third kappa shape index (κ3) is 4.58. The van der Waals surface area contributed by atoms with Crippen molar-refractivity contribution in [3.05, 3.63) is 40.2 Å². The molecule has 1 fully saturated rings. The summed E-state index contributed by atoms with van der Waals surface area (Å²) in [4.78, 5) is 14.9. The summed E-state index contributed by atoms with van der Waals surface area (Å²) >= 11 is 6.18. The van der Waals surface area contributed by atoms with Crippen molar-refractivity contribution in [2.75, 3.05) is 23.3 Å². The number of benzene rings is 1. The van der Waals surface area contributed by atoms with Crippen LogP contribution in [0.2, 0.25) is 5.02 Å². The molecule has 2 heterocycles. The molecular weight excluding hydrogens is 350 g/mol. The van der Waals surface area contributed by atoms with E-state index in [-0.39, 0.29) is 5.91 Å². The number of hydrogen-bond acceptors (Lipinski definition) is 4. The van der Waals surface area contributed by atoms with E-state index in [1.165, 1.54) is 25.7 Å². The maximum atomic E-state index is 12.5. The first-order chi connectivity index (χ1) is 12.5. The quantitative estimate of drug-likeness (QED) is 0.807. The number of nitrogens with one attached hydrogen (secondary N) is 1. The fraction of sp³-hybridized carbons (Fsp3) is 0.500. The zero-order valence-corrected chi connectivity index (χ0v) is 16.2. The number of aromatic nitrogens is 1. The third-order valence-electron chi connectivity index (χ3n) is 4.96. The monoisotopic (exact) mass is 375 g/mol. The number of carbonyl (C=O) groups excluding carboxylic acids is 1. The van der Waals surface area contributed by atoms with Crippen molar-refractivity contribution in [3.63, 3.8) is 0 Å². The Bertz CT molecular complexity index is 745. The number of halogens is 1. The zero-order valence-electron chi connectivity index (χ0n) is 15.5. The number of hydrogen-bond donors (Lipinski definition) is 1. The van der Waals surface area contributed by atoms with Crippen LogP contribution in [0.1, 0.15) is 49.1 Å². The van der Waals surface area contributed by atoms with Crippen LogP contribution in [-0.2, 0) is 11.2 Å². The lowest BCUT2D eigenvalue weighted by Crippen LogP contribution is -2.25. The van der Waals surface area contributed by atoms with Crippen LogP contribution >= 0.6 is 11.6 Å². The summed E-state index contributed by atoms with van der Waals surface area (Å²) in [6.07, 6.45) is 5.90. The molecule has 140 valence electrons. The van der Waals surface area contributed by atoms with Gasteiger partial charge in [-0.05, 0) is 51.3 Å². The highest BCUT2D eigenvalue weighted by Gasteiger charge is 2.16. The summed E-state index contributed by atoms with van der Waals surface area (Å²) in [6.45, 7) is 5.81. The predicted molar refractivity (Wildman–Crippen MR) is 105 cm³/mol. The lowest BCUT2D eigenvalue weighted by Gasteiger charge is -2.25. The molecule has 1 aliphatic heterocycles. The summed E-state index contributed by atoms with van der Waals surface area (Å²) in [7, 11) is 0. The molecule has 1 amide bonds. The third-order valence-corrected chi connectivity index (χ3v) is 5.20. The standard InChI is InChI=1S/C20H26ClN3O2/c1-14-17(15(2)26-23-14)8-10-20(25)22-18-13-16(21)7-9-19(18)24-11-5-3-4-6-12-24/h7,9,13H,3-6,8,10-12H2,1-2H3,(H,22,25). The number of rotatable bonds is 5. The van der Waals surface area contributed by atoms with E-state index in [9.17, 15) is 4.79 Å². The Kier molecular flexibility index (Phi) is 6.20. The smallest absolute Gasteiger partial charge is 0.224 e. The molecule has 1 aliphatic rings. The van der Waals surface area contributed by atoms with Crippen LogP contribution in [0.25, 0.3) is 0 Å². The van der Waals surface area contributed by atoms with E-state index >= 15 is 0 Å². The molecule has 3 rings (SSSR count). The Morgan fingerprint density at radius 2 is 1.96 bits per heavy atom. The van der Waals surface area contributed by atoms with Crippen LogP contribution < -0.4 is 10.2 Å². The van der Waals surface area contributed by atoms with Crippen molar-refractivity contribution >= 4 is 28.9 Å². The van der Waals surface area contributed by atoms with Crippen molar-refractivity contribution in [3.8, 4) is 0 Å². The molecule has 1 saturated heterocycles. The second-order valence-electron chi connectivity index (χ2n) is 6.91. The van der Waals surface area contributed by atoms with Crippen LogP contribution in [0.3, 0.4) is 0 Å². The average molecular weight is 376 g/mol. The molecule has 2 aromatic rings. The van der Waals surface area contributed by atoms with Crippen molar-refractivity contribution in [2.24, 2.45) is 0 Å². The molecule has 0 atom stereocenters. The minimum atomic E-state index is -0.0247. The van der Waals surface area contributed by atoms with Crippen LogP contribution in [0, 0.1) is 13.8 Å². The fourth-order valence-electron chi connectivity index (χ4n) is 3.51. The van der Waals surface area contributed by atoms with E-state index in [4.69, 9.17) is 16.1 Å². The summed E-state index contributed by atoms with van der Waals surface area (Å²) in [5.41, 5.74) is 3.72. The highest BCUT2D eigenvalue weighted by atomic mass is 35.5. The molecule has 0 bridgehead atoms. The number of aryl methyl sites for hydroxylation is 2. The lowest BCUT2D eigenvalue weighted by molar-refractivity contribution is -0.116. The molecule has 1 aromatic heterocycles. The molecule has 1 N–H and O–H groups in total. The summed E-state index contributed by atoms with van der Waals surface area (Å²) in [6, 6.07) is 5.74. The molecule has 0 saturated carbocycles. The van der Waals surface area contributed by atoms with Crippen molar-refractivity contribution in [1.29, 1.82) is 0 Å². The Morgan fingerprint density at radius 3 is 2.62 bits per heavy atom. The molecule has 26 heavy (non-hydrogen) atoms. The average Bonchev–Trinajstić information content (AvgIpc) is 2.80. The van der Waals surface area contributed by atoms with Crippen LogP contribution in [0.15, 0.2) is 22.7 Å². The van der Waals surface area contributed by atoms with Crippen LogP contribution in [0.5, 0.6) is 0 Å². The van der Waals surface area contributed by atoms with Gasteiger partial charge in [0.2, 0.25) is 5.91 Å². The first-order valence-corrected chi connectivity index (χ1v) is 9.68. The van der Waals surface area contributed by atoms with E-state index in [1.54, 1.807) is 0 Å². The van der Waals surface area contributed by atoms with Crippen LogP contribution in [0.4, 0.5) is 11.4 Å². The highest BCUT2D eigenvalue weighted by molar-refractivity contribution is 6.31. The topological polar surface area (TPSA) is 58.4 Å². The first kappa shape index (κ1) is 18.8. The van der Waals surface area contributed by atoms with Gasteiger partial charge in [-0.15, -0.1) is 0 Å². The largest absolute Gasteiger partial charge is 0.370 e. The predicted octanol–water partition coefficient (Wildman–Crippen LogP) is 4.90. The van der Waals surface area contributed by atoms with Gasteiger partial charge in [-0.2, -0.15) is 0 Å². The van der Waals surface area contributed by atoms with Gasteiger partial charge in [-0.3, -0.25) is 4.79 Å². The number of carbonyl (C=O) groups is 1. The Balaban J connectivity index is 1.69. The van der Waals surface area contributed by atoms with E-state index in [1.807, 2.05) is 32.0 Å². The maximum absolute atomic E-state index is 12.5. The van der Waals surface area contributed by atoms with Crippen molar-refractivity contribution in [1.82, 2.24) is 5.16 Å². The van der Waals surface area contributed by atoms with Gasteiger partial charge in [0.05, 0.1) is 17.1 Å². The van der Waals surface area contributed by atoms with Gasteiger partial charge in [0.1, 0.15) is 5.76 Å². The summed E-state index contributed by atoms with van der Waals surface area (Å²) < 4.78 is 5.17. The minimum absolute atomic E-state index is 0.0247. The summed E-state index contributed by atoms with van der Waals surface area (Å²) in [5.74, 6) is 0.756. The van der Waals surface area contributed by atoms with E-state index < -0.39 is 0 Å². The van der Waals surface area contributed by atoms with Gasteiger partial charge in [-0.25, -0.2) is 0 Å². The van der Waals surface area contributed by atoms with Crippen molar-refractivity contribution in [2.45, 2.75) is 52.4 Å². The Morgan fingerprint density at radius 1 is 1.23 bits per heavy atom. The minimum Gasteiger partial charge on any atom is -0.370 e. The molecule has 0 aliphatic carbocycles. The van der Waals surface area contributed by atoms with Gasteiger partial charge < -0.3 is 14.7 Å². The molecule has 0 spiro atoms. The molecular formula is C20H26ClN3O2. The van der Waals surface area contributed by atoms with Gasteiger partial charge in [0.25, 0.3) is 0 Å². The summed E-state index contributed by atoms with van der Waals surface area (Å²) in [5, 5.41) is 7.63. The normalized spacial score (nSPS) is 15.0. The van der Waals surface area contributed by atoms with Gasteiger partial charge in [0.15, 0.2) is 0 Å². The zero-order chi connectivity index (χ0) is 18.5. The highest BCUT2D eigenvalue weighted by Crippen LogP contribution is 2.31. The number of amides is 1. The molecule has 0 unspecified atom stereocenters. The van der Waals surface area contributed by atoms with Gasteiger partial charge >= 0.3 is 0 Å². The van der Waals surface area contributed by atoms with E-state index in [0.29, 0.717) is 17.9 Å². The van der Waals surface area contributed by atoms with E-state index in [0.717, 1.165) is 41.5 Å². The second-order valence-corrected chi connectivity index (χ2v) is 7.35. The molecule has 6 heteroatoms. The van der Waals surface area contributed by atoms with Gasteiger partial charge in [-0.1, -0.05) is 29.6 Å². The van der Waals surface area contributed by atoms with E-state index in [2.05, 4.69) is 15.4 Å². The Labute approximate surface area is 159 Å². The molecule has 1 aromatic carbocycles.